The normalized spacial score (nSPS) is 46.8. The van der Waals surface area contributed by atoms with Crippen LogP contribution in [0.15, 0.2) is 18.2 Å². The standard InChI is InChI=1S/C28H37N3O3/c1-27(33)10-8-17-15(14-27)4-6-19-18(17)9-11-28(2)24(19)20-13-21(20)25(28)26(32)31-23-7-5-16(34-3)12-22(23)29-30-31/h5,7,12,15,17-21,24-25,33H,4,6,8-11,13-14H2,1-3H3/t15-,17+,18-,19-,20-,21+,24-,25-,27-,28+/m1/s1. The maximum Gasteiger partial charge on any atom is 0.252 e. The first-order chi connectivity index (χ1) is 16.3. The predicted octanol–water partition coefficient (Wildman–Crippen LogP) is 4.96. The quantitative estimate of drug-likeness (QED) is 0.681. The molecule has 0 aliphatic heterocycles. The van der Waals surface area contributed by atoms with Gasteiger partial charge in [-0.3, -0.25) is 4.79 Å². The molecule has 0 radical (unpaired) electrons. The number of nitrogens with zero attached hydrogens (tertiary/aromatic N) is 3. The van der Waals surface area contributed by atoms with Crippen LogP contribution in [-0.2, 0) is 0 Å². The Bertz CT molecular complexity index is 1160. The number of hydrogen-bond donors (Lipinski definition) is 1. The van der Waals surface area contributed by atoms with Crippen LogP contribution in [0.5, 0.6) is 5.75 Å². The van der Waals surface area contributed by atoms with Crippen LogP contribution in [0.3, 0.4) is 0 Å². The van der Waals surface area contributed by atoms with Crippen molar-refractivity contribution in [3.8, 4) is 5.75 Å². The average molecular weight is 464 g/mol. The molecule has 0 saturated heterocycles. The summed E-state index contributed by atoms with van der Waals surface area (Å²) in [7, 11) is 1.64. The minimum Gasteiger partial charge on any atom is -0.497 e. The van der Waals surface area contributed by atoms with Gasteiger partial charge in [0.2, 0.25) is 0 Å². The summed E-state index contributed by atoms with van der Waals surface area (Å²) >= 11 is 0. The first-order valence-corrected chi connectivity index (χ1v) is 13.5. The first kappa shape index (κ1) is 21.3. The Kier molecular flexibility index (Phi) is 4.43. The third kappa shape index (κ3) is 2.87. The van der Waals surface area contributed by atoms with Crippen molar-refractivity contribution >= 4 is 16.9 Å². The number of carbonyl (C=O) groups excluding carboxylic acids is 1. The van der Waals surface area contributed by atoms with E-state index in [1.54, 1.807) is 11.8 Å². The summed E-state index contributed by atoms with van der Waals surface area (Å²) in [5.74, 6) is 5.88. The fraction of sp³-hybridized carbons (Fsp3) is 0.750. The summed E-state index contributed by atoms with van der Waals surface area (Å²) < 4.78 is 6.92. The Hall–Kier alpha value is -1.95. The number of fused-ring (bicyclic) bond motifs is 8. The minimum absolute atomic E-state index is 0.0558. The van der Waals surface area contributed by atoms with E-state index in [2.05, 4.69) is 17.2 Å². The molecule has 2 aromatic rings. The number of aromatic nitrogens is 3. The van der Waals surface area contributed by atoms with Crippen molar-refractivity contribution in [2.75, 3.05) is 7.11 Å². The van der Waals surface area contributed by atoms with Crippen molar-refractivity contribution in [2.45, 2.75) is 70.8 Å². The maximum absolute atomic E-state index is 14.0. The van der Waals surface area contributed by atoms with Crippen LogP contribution in [0, 0.1) is 52.8 Å². The molecule has 5 fully saturated rings. The molecule has 0 unspecified atom stereocenters. The monoisotopic (exact) mass is 463 g/mol. The van der Waals surface area contributed by atoms with Crippen LogP contribution < -0.4 is 4.74 Å². The summed E-state index contributed by atoms with van der Waals surface area (Å²) in [6, 6.07) is 5.66. The van der Waals surface area contributed by atoms with Crippen molar-refractivity contribution in [1.29, 1.82) is 0 Å². The van der Waals surface area contributed by atoms with Gasteiger partial charge in [0.15, 0.2) is 0 Å². The molecule has 10 atom stereocenters. The van der Waals surface area contributed by atoms with E-state index in [1.165, 1.54) is 32.1 Å². The van der Waals surface area contributed by atoms with E-state index in [9.17, 15) is 9.90 Å². The van der Waals surface area contributed by atoms with Crippen LogP contribution in [0.4, 0.5) is 0 Å². The Morgan fingerprint density at radius 1 is 1.06 bits per heavy atom. The minimum atomic E-state index is -0.464. The number of rotatable bonds is 2. The highest BCUT2D eigenvalue weighted by atomic mass is 16.5. The summed E-state index contributed by atoms with van der Waals surface area (Å²) in [6.45, 7) is 4.47. The van der Waals surface area contributed by atoms with Crippen molar-refractivity contribution in [3.63, 3.8) is 0 Å². The molecular formula is C28H37N3O3. The molecule has 0 bridgehead atoms. The van der Waals surface area contributed by atoms with Crippen LogP contribution in [0.1, 0.15) is 70.0 Å². The molecule has 7 rings (SSSR count). The van der Waals surface area contributed by atoms with Crippen molar-refractivity contribution in [3.05, 3.63) is 18.2 Å². The van der Waals surface area contributed by atoms with E-state index in [0.29, 0.717) is 23.7 Å². The molecule has 182 valence electrons. The lowest BCUT2D eigenvalue weighted by molar-refractivity contribution is -0.104. The number of methoxy groups -OCH3 is 1. The van der Waals surface area contributed by atoms with Crippen LogP contribution in [0.25, 0.3) is 11.0 Å². The molecular weight excluding hydrogens is 426 g/mol. The van der Waals surface area contributed by atoms with Crippen LogP contribution >= 0.6 is 0 Å². The lowest BCUT2D eigenvalue weighted by Crippen LogP contribution is -2.52. The maximum atomic E-state index is 14.0. The largest absolute Gasteiger partial charge is 0.497 e. The van der Waals surface area contributed by atoms with Gasteiger partial charge in [-0.05, 0) is 117 Å². The molecule has 6 nitrogen and oxygen atoms in total. The van der Waals surface area contributed by atoms with Gasteiger partial charge in [-0.25, -0.2) is 0 Å². The Morgan fingerprint density at radius 3 is 2.71 bits per heavy atom. The second-order valence-corrected chi connectivity index (χ2v) is 12.9. The molecule has 34 heavy (non-hydrogen) atoms. The molecule has 0 amide bonds. The van der Waals surface area contributed by atoms with Crippen molar-refractivity contribution in [1.82, 2.24) is 15.0 Å². The van der Waals surface area contributed by atoms with Crippen molar-refractivity contribution in [2.24, 2.45) is 52.8 Å². The molecule has 5 aliphatic carbocycles. The number of carbonyl (C=O) groups is 1. The SMILES string of the molecule is COc1ccc2c(c1)nnn2C(=O)[C@H]1[C@H]2C[C@H]2[C@H]2[C@@H]3CC[C@@H]4C[C@](C)(O)CC[C@@H]4[C@H]3CC[C@@]21C. The highest BCUT2D eigenvalue weighted by Gasteiger charge is 2.71. The zero-order valence-corrected chi connectivity index (χ0v) is 20.6. The number of hydrogen-bond acceptors (Lipinski definition) is 5. The Morgan fingerprint density at radius 2 is 1.88 bits per heavy atom. The second kappa shape index (κ2) is 7.05. The molecule has 1 N–H and O–H groups in total. The zero-order valence-electron chi connectivity index (χ0n) is 20.6. The predicted molar refractivity (Wildman–Crippen MR) is 128 cm³/mol. The number of aliphatic hydroxyl groups is 1. The van der Waals surface area contributed by atoms with E-state index < -0.39 is 5.60 Å². The molecule has 6 heteroatoms. The third-order valence-electron chi connectivity index (χ3n) is 11.2. The third-order valence-corrected chi connectivity index (χ3v) is 11.2. The van der Waals surface area contributed by atoms with Gasteiger partial charge in [-0.2, -0.15) is 4.68 Å². The highest BCUT2D eigenvalue weighted by Crippen LogP contribution is 2.74. The molecule has 1 aromatic carbocycles. The highest BCUT2D eigenvalue weighted by molar-refractivity contribution is 5.91. The summed E-state index contributed by atoms with van der Waals surface area (Å²) in [6.07, 6.45) is 9.30. The van der Waals surface area contributed by atoms with E-state index in [4.69, 9.17) is 4.74 Å². The number of ether oxygens (including phenoxy) is 1. The summed E-state index contributed by atoms with van der Waals surface area (Å²) in [5.41, 5.74) is 1.12. The Balaban J connectivity index is 1.18. The van der Waals surface area contributed by atoms with Crippen LogP contribution in [0.2, 0.25) is 0 Å². The van der Waals surface area contributed by atoms with Gasteiger partial charge in [0.05, 0.1) is 18.2 Å². The molecule has 5 aliphatic rings. The lowest BCUT2D eigenvalue weighted by atomic mass is 9.48. The second-order valence-electron chi connectivity index (χ2n) is 12.9. The average Bonchev–Trinajstić information content (AvgIpc) is 3.35. The fourth-order valence-electron chi connectivity index (χ4n) is 9.84. The summed E-state index contributed by atoms with van der Waals surface area (Å²) in [4.78, 5) is 14.0. The van der Waals surface area contributed by atoms with Gasteiger partial charge >= 0.3 is 0 Å². The smallest absolute Gasteiger partial charge is 0.252 e. The van der Waals surface area contributed by atoms with Gasteiger partial charge in [-0.15, -0.1) is 5.10 Å². The van der Waals surface area contributed by atoms with E-state index in [-0.39, 0.29) is 17.2 Å². The van der Waals surface area contributed by atoms with E-state index >= 15 is 0 Å². The zero-order chi connectivity index (χ0) is 23.4. The van der Waals surface area contributed by atoms with E-state index in [1.807, 2.05) is 25.1 Å². The Labute approximate surface area is 201 Å². The molecule has 5 saturated carbocycles. The summed E-state index contributed by atoms with van der Waals surface area (Å²) in [5, 5.41) is 19.3. The van der Waals surface area contributed by atoms with Gasteiger partial charge < -0.3 is 9.84 Å². The fourth-order valence-corrected chi connectivity index (χ4v) is 9.84. The molecule has 1 aromatic heterocycles. The van der Waals surface area contributed by atoms with Crippen LogP contribution in [-0.4, -0.2) is 38.7 Å². The van der Waals surface area contributed by atoms with Gasteiger partial charge in [0, 0.05) is 12.0 Å². The number of benzene rings is 1. The van der Waals surface area contributed by atoms with Gasteiger partial charge in [0.25, 0.3) is 5.91 Å². The topological polar surface area (TPSA) is 77.2 Å². The first-order valence-electron chi connectivity index (χ1n) is 13.5. The van der Waals surface area contributed by atoms with E-state index in [0.717, 1.165) is 53.8 Å². The molecule has 1 heterocycles. The molecule has 0 spiro atoms. The lowest BCUT2D eigenvalue weighted by Gasteiger charge is -2.57. The van der Waals surface area contributed by atoms with Gasteiger partial charge in [-0.1, -0.05) is 12.1 Å². The van der Waals surface area contributed by atoms with Crippen molar-refractivity contribution < 1.29 is 14.6 Å². The van der Waals surface area contributed by atoms with Gasteiger partial charge in [0.1, 0.15) is 11.3 Å².